The lowest BCUT2D eigenvalue weighted by Gasteiger charge is -2.38. The number of aldehydes is 1. The summed E-state index contributed by atoms with van der Waals surface area (Å²) in [5.74, 6) is 0.819. The standard InChI is InChI=1S/C21H29BrO2/c1-13(2)24-19-14(9-11-23)12-15-16(20(3,4)5)8-10-21(6,7)17(15)18(19)22/h8,11-13H,9-10H2,1-7H3. The highest BCUT2D eigenvalue weighted by atomic mass is 79.9. The first-order chi connectivity index (χ1) is 11.0. The zero-order valence-electron chi connectivity index (χ0n) is 15.9. The molecule has 1 aromatic carbocycles. The fraction of sp³-hybridized carbons (Fsp3) is 0.571. The number of ether oxygens (including phenoxy) is 1. The molecule has 0 aliphatic heterocycles. The number of rotatable bonds is 4. The van der Waals surface area contributed by atoms with Crippen molar-refractivity contribution in [1.82, 2.24) is 0 Å². The molecule has 0 saturated carbocycles. The third-order valence-electron chi connectivity index (χ3n) is 4.55. The van der Waals surface area contributed by atoms with E-state index in [1.54, 1.807) is 0 Å². The number of allylic oxidation sites excluding steroid dienone is 2. The summed E-state index contributed by atoms with van der Waals surface area (Å²) in [4.78, 5) is 11.2. The fourth-order valence-corrected chi connectivity index (χ4v) is 4.54. The van der Waals surface area contributed by atoms with Crippen molar-refractivity contribution in [2.24, 2.45) is 5.41 Å². The van der Waals surface area contributed by atoms with Crippen LogP contribution in [-0.2, 0) is 16.6 Å². The summed E-state index contributed by atoms with van der Waals surface area (Å²) in [5, 5.41) is 0. The Kier molecular flexibility index (Phi) is 5.34. The van der Waals surface area contributed by atoms with Crippen LogP contribution in [0.3, 0.4) is 0 Å². The highest BCUT2D eigenvalue weighted by Crippen LogP contribution is 2.51. The number of carbonyl (C=O) groups is 1. The summed E-state index contributed by atoms with van der Waals surface area (Å²) >= 11 is 3.82. The van der Waals surface area contributed by atoms with Gasteiger partial charge >= 0.3 is 0 Å². The van der Waals surface area contributed by atoms with Gasteiger partial charge in [-0.05, 0) is 69.8 Å². The normalized spacial score (nSPS) is 16.6. The van der Waals surface area contributed by atoms with E-state index in [-0.39, 0.29) is 16.9 Å². The van der Waals surface area contributed by atoms with Gasteiger partial charge in [-0.3, -0.25) is 0 Å². The van der Waals surface area contributed by atoms with Crippen molar-refractivity contribution < 1.29 is 9.53 Å². The summed E-state index contributed by atoms with van der Waals surface area (Å²) in [5.41, 5.74) is 4.93. The molecule has 1 aromatic rings. The molecular weight excluding hydrogens is 364 g/mol. The van der Waals surface area contributed by atoms with E-state index in [9.17, 15) is 4.79 Å². The molecule has 0 aromatic heterocycles. The number of hydrogen-bond donors (Lipinski definition) is 0. The van der Waals surface area contributed by atoms with Crippen LogP contribution in [0, 0.1) is 5.41 Å². The topological polar surface area (TPSA) is 26.3 Å². The van der Waals surface area contributed by atoms with Crippen LogP contribution in [0.25, 0.3) is 5.57 Å². The summed E-state index contributed by atoms with van der Waals surface area (Å²) in [6.45, 7) is 15.3. The molecule has 1 aliphatic rings. The third kappa shape index (κ3) is 3.61. The molecular formula is C21H29BrO2. The first kappa shape index (κ1) is 19.2. The average Bonchev–Trinajstić information content (AvgIpc) is 2.40. The van der Waals surface area contributed by atoms with Gasteiger partial charge in [-0.2, -0.15) is 0 Å². The van der Waals surface area contributed by atoms with Gasteiger partial charge in [0.2, 0.25) is 0 Å². The summed E-state index contributed by atoms with van der Waals surface area (Å²) in [6, 6.07) is 2.17. The highest BCUT2D eigenvalue weighted by molar-refractivity contribution is 9.10. The van der Waals surface area contributed by atoms with Crippen molar-refractivity contribution in [3.05, 3.63) is 33.3 Å². The lowest BCUT2D eigenvalue weighted by Crippen LogP contribution is -2.26. The van der Waals surface area contributed by atoms with Crippen molar-refractivity contribution in [3.8, 4) is 5.75 Å². The van der Waals surface area contributed by atoms with E-state index in [1.807, 2.05) is 13.8 Å². The molecule has 0 radical (unpaired) electrons. The van der Waals surface area contributed by atoms with Crippen molar-refractivity contribution in [3.63, 3.8) is 0 Å². The molecule has 2 nitrogen and oxygen atoms in total. The lowest BCUT2D eigenvalue weighted by atomic mass is 9.68. The maximum Gasteiger partial charge on any atom is 0.137 e. The van der Waals surface area contributed by atoms with Crippen LogP contribution in [0.5, 0.6) is 5.75 Å². The minimum absolute atomic E-state index is 0.0255. The van der Waals surface area contributed by atoms with Gasteiger partial charge in [-0.25, -0.2) is 0 Å². The van der Waals surface area contributed by atoms with Gasteiger partial charge in [0.1, 0.15) is 12.0 Å². The quantitative estimate of drug-likeness (QED) is 0.579. The van der Waals surface area contributed by atoms with Crippen LogP contribution < -0.4 is 4.74 Å². The van der Waals surface area contributed by atoms with Crippen molar-refractivity contribution >= 4 is 27.8 Å². The molecule has 1 aliphatic carbocycles. The maximum absolute atomic E-state index is 11.2. The zero-order valence-corrected chi connectivity index (χ0v) is 17.5. The molecule has 0 spiro atoms. The molecule has 0 fully saturated rings. The second-order valence-corrected chi connectivity index (χ2v) is 9.39. The minimum atomic E-state index is 0.0255. The van der Waals surface area contributed by atoms with E-state index in [4.69, 9.17) is 4.74 Å². The van der Waals surface area contributed by atoms with Crippen molar-refractivity contribution in [2.45, 2.75) is 72.8 Å². The molecule has 3 heteroatoms. The average molecular weight is 393 g/mol. The fourth-order valence-electron chi connectivity index (χ4n) is 3.44. The Bertz CT molecular complexity index is 676. The van der Waals surface area contributed by atoms with Gasteiger partial charge in [-0.15, -0.1) is 0 Å². The Morgan fingerprint density at radius 3 is 2.46 bits per heavy atom. The Balaban J connectivity index is 2.80. The number of halogens is 1. The molecule has 0 bridgehead atoms. The molecule has 0 atom stereocenters. The SMILES string of the molecule is CC(C)Oc1c(CC=O)cc2c(c1Br)C(C)(C)CC=C2C(C)(C)C. The third-order valence-corrected chi connectivity index (χ3v) is 5.30. The molecule has 0 amide bonds. The Morgan fingerprint density at radius 1 is 1.33 bits per heavy atom. The molecule has 2 rings (SSSR count). The number of carbonyl (C=O) groups excluding carboxylic acids is 1. The second kappa shape index (κ2) is 6.67. The summed E-state index contributed by atoms with van der Waals surface area (Å²) in [7, 11) is 0. The predicted octanol–water partition coefficient (Wildman–Crippen LogP) is 6.09. The number of benzene rings is 1. The van der Waals surface area contributed by atoms with Crippen LogP contribution in [0.2, 0.25) is 0 Å². The Hall–Kier alpha value is -1.09. The highest BCUT2D eigenvalue weighted by Gasteiger charge is 2.36. The number of hydrogen-bond acceptors (Lipinski definition) is 2. The second-order valence-electron chi connectivity index (χ2n) is 8.59. The molecule has 0 heterocycles. The van der Waals surface area contributed by atoms with Gasteiger partial charge in [0, 0.05) is 12.0 Å². The minimum Gasteiger partial charge on any atom is -0.490 e. The van der Waals surface area contributed by atoms with E-state index >= 15 is 0 Å². The summed E-state index contributed by atoms with van der Waals surface area (Å²) in [6.07, 6.45) is 4.75. The number of fused-ring (bicyclic) bond motifs is 1. The first-order valence-electron chi connectivity index (χ1n) is 8.66. The molecule has 132 valence electrons. The van der Waals surface area contributed by atoms with E-state index in [2.05, 4.69) is 62.7 Å². The zero-order chi connectivity index (χ0) is 18.3. The Labute approximate surface area is 154 Å². The van der Waals surface area contributed by atoms with Crippen LogP contribution in [0.15, 0.2) is 16.6 Å². The monoisotopic (exact) mass is 392 g/mol. The van der Waals surface area contributed by atoms with Gasteiger partial charge in [0.15, 0.2) is 0 Å². The van der Waals surface area contributed by atoms with Crippen molar-refractivity contribution in [2.75, 3.05) is 0 Å². The first-order valence-corrected chi connectivity index (χ1v) is 9.45. The predicted molar refractivity (Wildman–Crippen MR) is 105 cm³/mol. The van der Waals surface area contributed by atoms with E-state index in [1.165, 1.54) is 16.7 Å². The van der Waals surface area contributed by atoms with Gasteiger partial charge in [0.25, 0.3) is 0 Å². The van der Waals surface area contributed by atoms with Gasteiger partial charge < -0.3 is 9.53 Å². The van der Waals surface area contributed by atoms with E-state index in [0.29, 0.717) is 6.42 Å². The smallest absolute Gasteiger partial charge is 0.137 e. The largest absolute Gasteiger partial charge is 0.490 e. The summed E-state index contributed by atoms with van der Waals surface area (Å²) < 4.78 is 7.09. The van der Waals surface area contributed by atoms with Gasteiger partial charge in [0.05, 0.1) is 10.6 Å². The van der Waals surface area contributed by atoms with E-state index < -0.39 is 0 Å². The lowest BCUT2D eigenvalue weighted by molar-refractivity contribution is -0.107. The van der Waals surface area contributed by atoms with Gasteiger partial charge in [-0.1, -0.05) is 40.7 Å². The van der Waals surface area contributed by atoms with Crippen LogP contribution in [0.1, 0.15) is 71.6 Å². The van der Waals surface area contributed by atoms with Crippen molar-refractivity contribution in [1.29, 1.82) is 0 Å². The molecule has 0 saturated heterocycles. The molecule has 24 heavy (non-hydrogen) atoms. The molecule has 0 N–H and O–H groups in total. The van der Waals surface area contributed by atoms with Crippen LogP contribution in [-0.4, -0.2) is 12.4 Å². The van der Waals surface area contributed by atoms with Crippen LogP contribution in [0.4, 0.5) is 0 Å². The molecule has 0 unspecified atom stereocenters. The van der Waals surface area contributed by atoms with E-state index in [0.717, 1.165) is 28.5 Å². The Morgan fingerprint density at radius 2 is 1.96 bits per heavy atom. The van der Waals surface area contributed by atoms with Crippen LogP contribution >= 0.6 is 15.9 Å². The maximum atomic E-state index is 11.2.